The summed E-state index contributed by atoms with van der Waals surface area (Å²) >= 11 is 0. The monoisotopic (exact) mass is 341 g/mol. The van der Waals surface area contributed by atoms with Gasteiger partial charge in [-0.15, -0.1) is 0 Å². The van der Waals surface area contributed by atoms with Crippen LogP contribution >= 0.6 is 0 Å². The molecule has 1 unspecified atom stereocenters. The third-order valence-corrected chi connectivity index (χ3v) is 6.05. The molecule has 1 atom stereocenters. The third kappa shape index (κ3) is 4.76. The van der Waals surface area contributed by atoms with Crippen LogP contribution in [0, 0.1) is 5.41 Å². The molecule has 0 bridgehead atoms. The van der Waals surface area contributed by atoms with Gasteiger partial charge in [0.15, 0.2) is 0 Å². The maximum Gasteiger partial charge on any atom is 0.310 e. The van der Waals surface area contributed by atoms with Gasteiger partial charge < -0.3 is 9.84 Å². The molecule has 128 valence electrons. The van der Waals surface area contributed by atoms with Crippen molar-refractivity contribution in [2.45, 2.75) is 26.4 Å². The Morgan fingerprint density at radius 3 is 2.65 bits per heavy atom. The molecule has 0 aliphatic carbocycles. The minimum Gasteiger partial charge on any atom is -0.481 e. The molecule has 2 rings (SSSR count). The Bertz CT molecular complexity index is 631. The quantitative estimate of drug-likeness (QED) is 0.728. The van der Waals surface area contributed by atoms with Gasteiger partial charge in [0.1, 0.15) is 0 Å². The lowest BCUT2D eigenvalue weighted by Gasteiger charge is -2.20. The first-order valence-corrected chi connectivity index (χ1v) is 9.27. The average molecular weight is 341 g/mol. The summed E-state index contributed by atoms with van der Waals surface area (Å²) in [6.45, 7) is 2.74. The highest BCUT2D eigenvalue weighted by Crippen LogP contribution is 2.31. The van der Waals surface area contributed by atoms with E-state index in [0.717, 1.165) is 5.56 Å². The second-order valence-corrected chi connectivity index (χ2v) is 8.25. The Kier molecular flexibility index (Phi) is 5.78. The van der Waals surface area contributed by atoms with Crippen LogP contribution < -0.4 is 0 Å². The van der Waals surface area contributed by atoms with Gasteiger partial charge in [-0.3, -0.25) is 4.79 Å². The summed E-state index contributed by atoms with van der Waals surface area (Å²) in [6.07, 6.45) is 0.752. The molecule has 1 aromatic carbocycles. The number of hydrogen-bond donors (Lipinski definition) is 1. The Labute approximate surface area is 137 Å². The molecule has 0 aromatic heterocycles. The molecule has 0 spiro atoms. The van der Waals surface area contributed by atoms with E-state index in [4.69, 9.17) is 9.84 Å². The number of carboxylic acids is 1. The summed E-state index contributed by atoms with van der Waals surface area (Å²) < 4.78 is 31.3. The van der Waals surface area contributed by atoms with E-state index in [0.29, 0.717) is 26.1 Å². The van der Waals surface area contributed by atoms with Gasteiger partial charge in [0, 0.05) is 19.7 Å². The Morgan fingerprint density at radius 1 is 1.35 bits per heavy atom. The van der Waals surface area contributed by atoms with Gasteiger partial charge in [-0.05, 0) is 25.3 Å². The summed E-state index contributed by atoms with van der Waals surface area (Å²) in [5.41, 5.74) is 0.0729. The molecular formula is C16H23NO5S. The van der Waals surface area contributed by atoms with Crippen LogP contribution in [0.1, 0.15) is 25.3 Å². The lowest BCUT2D eigenvalue weighted by molar-refractivity contribution is -0.146. The van der Waals surface area contributed by atoms with E-state index in [1.54, 1.807) is 6.92 Å². The van der Waals surface area contributed by atoms with Crippen molar-refractivity contribution >= 4 is 16.0 Å². The van der Waals surface area contributed by atoms with E-state index in [-0.39, 0.29) is 18.8 Å². The largest absolute Gasteiger partial charge is 0.481 e. The lowest BCUT2D eigenvalue weighted by atomic mass is 9.90. The van der Waals surface area contributed by atoms with E-state index in [9.17, 15) is 13.2 Å². The number of aliphatic carboxylic acids is 1. The van der Waals surface area contributed by atoms with Crippen molar-refractivity contribution in [2.75, 3.05) is 25.4 Å². The summed E-state index contributed by atoms with van der Waals surface area (Å²) in [5.74, 6) is -0.960. The molecule has 1 fully saturated rings. The molecule has 1 aliphatic rings. The predicted molar refractivity (Wildman–Crippen MR) is 86.4 cm³/mol. The van der Waals surface area contributed by atoms with Crippen LogP contribution in [-0.4, -0.2) is 49.2 Å². The van der Waals surface area contributed by atoms with Gasteiger partial charge in [-0.2, -0.15) is 0 Å². The molecule has 1 heterocycles. The van der Waals surface area contributed by atoms with Gasteiger partial charge in [-0.25, -0.2) is 12.7 Å². The molecule has 1 aromatic rings. The normalized spacial score (nSPS) is 22.3. The van der Waals surface area contributed by atoms with Crippen molar-refractivity contribution in [3.8, 4) is 0 Å². The van der Waals surface area contributed by atoms with Crippen molar-refractivity contribution in [3.05, 3.63) is 35.9 Å². The minimum absolute atomic E-state index is 0.0164. The topological polar surface area (TPSA) is 83.9 Å². The van der Waals surface area contributed by atoms with Gasteiger partial charge >= 0.3 is 5.97 Å². The number of nitrogens with zero attached hydrogens (tertiary/aromatic N) is 1. The smallest absolute Gasteiger partial charge is 0.310 e. The molecule has 1 N–H and O–H groups in total. The van der Waals surface area contributed by atoms with Gasteiger partial charge in [-0.1, -0.05) is 30.3 Å². The first-order valence-electron chi connectivity index (χ1n) is 7.66. The number of benzene rings is 1. The Balaban J connectivity index is 1.74. The number of carbonyl (C=O) groups is 1. The predicted octanol–water partition coefficient (Wildman–Crippen LogP) is 1.72. The number of ether oxygens (including phenoxy) is 1. The lowest BCUT2D eigenvalue weighted by Crippen LogP contribution is -2.36. The fourth-order valence-corrected chi connectivity index (χ4v) is 4.16. The van der Waals surface area contributed by atoms with Crippen LogP contribution in [0.2, 0.25) is 0 Å². The van der Waals surface area contributed by atoms with Crippen LogP contribution in [0.4, 0.5) is 0 Å². The average Bonchev–Trinajstić information content (AvgIpc) is 2.93. The fourth-order valence-electron chi connectivity index (χ4n) is 2.57. The van der Waals surface area contributed by atoms with Crippen molar-refractivity contribution < 1.29 is 23.1 Å². The molecule has 1 aliphatic heterocycles. The number of sulfonamides is 1. The van der Waals surface area contributed by atoms with E-state index < -0.39 is 21.4 Å². The molecule has 23 heavy (non-hydrogen) atoms. The summed E-state index contributed by atoms with van der Waals surface area (Å²) in [4.78, 5) is 11.2. The standard InChI is InChI=1S/C16H23NO5S/c1-16(15(18)19)8-9-17(13-16)23(20,21)11-5-10-22-12-14-6-3-2-4-7-14/h2-4,6-7H,5,8-13H2,1H3,(H,18,19). The van der Waals surface area contributed by atoms with Gasteiger partial charge in [0.2, 0.25) is 10.0 Å². The third-order valence-electron chi connectivity index (χ3n) is 4.15. The highest BCUT2D eigenvalue weighted by atomic mass is 32.2. The van der Waals surface area contributed by atoms with Gasteiger partial charge in [0.25, 0.3) is 0 Å². The van der Waals surface area contributed by atoms with Gasteiger partial charge in [0.05, 0.1) is 17.8 Å². The van der Waals surface area contributed by atoms with E-state index >= 15 is 0 Å². The Hall–Kier alpha value is -1.44. The maximum atomic E-state index is 12.3. The maximum absolute atomic E-state index is 12.3. The minimum atomic E-state index is -3.42. The van der Waals surface area contributed by atoms with Crippen LogP contribution in [0.3, 0.4) is 0 Å². The van der Waals surface area contributed by atoms with E-state index in [2.05, 4.69) is 0 Å². The van der Waals surface area contributed by atoms with Crippen molar-refractivity contribution in [1.82, 2.24) is 4.31 Å². The summed E-state index contributed by atoms with van der Waals surface area (Å²) in [7, 11) is -3.42. The molecule has 7 heteroatoms. The fraction of sp³-hybridized carbons (Fsp3) is 0.562. The van der Waals surface area contributed by atoms with Crippen LogP contribution in [0.25, 0.3) is 0 Å². The van der Waals surface area contributed by atoms with E-state index in [1.807, 2.05) is 30.3 Å². The molecular weight excluding hydrogens is 318 g/mol. The van der Waals surface area contributed by atoms with Crippen molar-refractivity contribution in [3.63, 3.8) is 0 Å². The molecule has 0 saturated carbocycles. The molecule has 0 radical (unpaired) electrons. The first-order chi connectivity index (χ1) is 10.8. The molecule has 6 nitrogen and oxygen atoms in total. The number of hydrogen-bond acceptors (Lipinski definition) is 4. The van der Waals surface area contributed by atoms with Crippen LogP contribution in [0.15, 0.2) is 30.3 Å². The zero-order valence-electron chi connectivity index (χ0n) is 13.3. The number of carboxylic acid groups (broad SMARTS) is 1. The van der Waals surface area contributed by atoms with Crippen molar-refractivity contribution in [2.24, 2.45) is 5.41 Å². The highest BCUT2D eigenvalue weighted by molar-refractivity contribution is 7.89. The molecule has 1 saturated heterocycles. The van der Waals surface area contributed by atoms with E-state index in [1.165, 1.54) is 4.31 Å². The van der Waals surface area contributed by atoms with Crippen molar-refractivity contribution in [1.29, 1.82) is 0 Å². The van der Waals surface area contributed by atoms with Crippen LogP contribution in [0.5, 0.6) is 0 Å². The number of rotatable bonds is 8. The second kappa shape index (κ2) is 7.42. The SMILES string of the molecule is CC1(C(=O)O)CCN(S(=O)(=O)CCCOCc2ccccc2)C1. The second-order valence-electron chi connectivity index (χ2n) is 6.16. The molecule has 0 amide bonds. The first kappa shape index (κ1) is 17.9. The van der Waals surface area contributed by atoms with Crippen LogP contribution in [-0.2, 0) is 26.2 Å². The zero-order valence-corrected chi connectivity index (χ0v) is 14.1. The highest BCUT2D eigenvalue weighted by Gasteiger charge is 2.44. The zero-order chi connectivity index (χ0) is 16.9. The Morgan fingerprint density at radius 2 is 2.04 bits per heavy atom. The summed E-state index contributed by atoms with van der Waals surface area (Å²) in [5, 5.41) is 9.17. The summed E-state index contributed by atoms with van der Waals surface area (Å²) in [6, 6.07) is 9.68.